The normalized spacial score (nSPS) is 10.8. The number of nitrogens with two attached hydrogens (primary N) is 1. The molecule has 0 bridgehead atoms. The van der Waals surface area contributed by atoms with E-state index in [0.29, 0.717) is 20.8 Å². The molecule has 0 atom stereocenters. The molecule has 0 saturated heterocycles. The van der Waals surface area contributed by atoms with Crippen LogP contribution in [0.1, 0.15) is 41.3 Å². The fourth-order valence-electron chi connectivity index (χ4n) is 2.65. The van der Waals surface area contributed by atoms with E-state index in [2.05, 4.69) is 31.2 Å². The summed E-state index contributed by atoms with van der Waals surface area (Å²) in [5.74, 6) is 1.92. The van der Waals surface area contributed by atoms with Crippen molar-refractivity contribution < 1.29 is 4.79 Å². The average molecular weight is 456 g/mol. The van der Waals surface area contributed by atoms with Crippen molar-refractivity contribution in [1.29, 1.82) is 0 Å². The first kappa shape index (κ1) is 22.7. The first-order valence-corrected chi connectivity index (χ1v) is 12.8. The molecular formula is C23H25N3OS3. The van der Waals surface area contributed by atoms with Gasteiger partial charge in [-0.05, 0) is 17.5 Å². The summed E-state index contributed by atoms with van der Waals surface area (Å²) in [5, 5.41) is 2.03. The average Bonchev–Trinajstić information content (AvgIpc) is 2.77. The molecule has 0 unspecified atom stereocenters. The van der Waals surface area contributed by atoms with Gasteiger partial charge < -0.3 is 5.73 Å². The van der Waals surface area contributed by atoms with Gasteiger partial charge in [0.2, 0.25) is 0 Å². The Labute approximate surface area is 190 Å². The van der Waals surface area contributed by atoms with Crippen molar-refractivity contribution in [3.63, 3.8) is 0 Å². The summed E-state index contributed by atoms with van der Waals surface area (Å²) in [6, 6.07) is 20.3. The van der Waals surface area contributed by atoms with Crippen LogP contribution >= 0.6 is 35.3 Å². The molecule has 2 N–H and O–H groups in total. The molecule has 0 saturated carbocycles. The highest BCUT2D eigenvalue weighted by Gasteiger charge is 2.20. The van der Waals surface area contributed by atoms with Crippen molar-refractivity contribution >= 4 is 41.2 Å². The summed E-state index contributed by atoms with van der Waals surface area (Å²) in [6.45, 7) is 2.17. The van der Waals surface area contributed by atoms with Crippen LogP contribution in [0.2, 0.25) is 0 Å². The maximum absolute atomic E-state index is 12.3. The second kappa shape index (κ2) is 12.0. The van der Waals surface area contributed by atoms with Gasteiger partial charge in [0.1, 0.15) is 15.6 Å². The Morgan fingerprint density at radius 1 is 0.833 bits per heavy atom. The van der Waals surface area contributed by atoms with Crippen molar-refractivity contribution in [2.45, 2.75) is 46.5 Å². The fourth-order valence-corrected chi connectivity index (χ4v) is 5.73. The van der Waals surface area contributed by atoms with E-state index in [1.165, 1.54) is 34.7 Å². The minimum Gasteiger partial charge on any atom is -0.365 e. The SMILES string of the molecule is CCCCSc1nc(SCc2ccccc2)c(C(N)=O)c(SCc2ccccc2)n1. The van der Waals surface area contributed by atoms with E-state index in [-0.39, 0.29) is 0 Å². The van der Waals surface area contributed by atoms with Crippen LogP contribution in [-0.4, -0.2) is 21.6 Å². The number of unbranched alkanes of at least 4 members (excludes halogenated alkanes) is 1. The van der Waals surface area contributed by atoms with Gasteiger partial charge in [-0.1, -0.05) is 85.8 Å². The van der Waals surface area contributed by atoms with Gasteiger partial charge in [0.15, 0.2) is 5.16 Å². The topological polar surface area (TPSA) is 68.9 Å². The van der Waals surface area contributed by atoms with Crippen molar-refractivity contribution in [1.82, 2.24) is 9.97 Å². The van der Waals surface area contributed by atoms with Crippen LogP contribution in [0.4, 0.5) is 0 Å². The maximum Gasteiger partial charge on any atom is 0.254 e. The van der Waals surface area contributed by atoms with Gasteiger partial charge in [0.25, 0.3) is 5.91 Å². The standard InChI is InChI=1S/C23H25N3OS3/c1-2-3-14-28-23-25-21(29-15-17-10-6-4-7-11-17)19(20(24)27)22(26-23)30-16-18-12-8-5-9-13-18/h4-13H,2-3,14-16H2,1H3,(H2,24,27). The minimum atomic E-state index is -0.480. The first-order chi connectivity index (χ1) is 14.7. The zero-order valence-corrected chi connectivity index (χ0v) is 19.4. The smallest absolute Gasteiger partial charge is 0.254 e. The highest BCUT2D eigenvalue weighted by atomic mass is 32.2. The predicted molar refractivity (Wildman–Crippen MR) is 128 cm³/mol. The Morgan fingerprint density at radius 3 is 1.77 bits per heavy atom. The zero-order valence-electron chi connectivity index (χ0n) is 16.9. The number of thioether (sulfide) groups is 3. The lowest BCUT2D eigenvalue weighted by Gasteiger charge is -2.13. The first-order valence-electron chi connectivity index (χ1n) is 9.85. The number of nitrogens with zero attached hydrogens (tertiary/aromatic N) is 2. The van der Waals surface area contributed by atoms with Crippen LogP contribution in [0.3, 0.4) is 0 Å². The summed E-state index contributed by atoms with van der Waals surface area (Å²) in [6.07, 6.45) is 2.22. The Kier molecular flexibility index (Phi) is 9.11. The quantitative estimate of drug-likeness (QED) is 0.164. The summed E-state index contributed by atoms with van der Waals surface area (Å²) >= 11 is 4.71. The van der Waals surface area contributed by atoms with E-state index in [4.69, 9.17) is 15.7 Å². The molecule has 0 spiro atoms. The predicted octanol–water partition coefficient (Wildman–Crippen LogP) is 6.05. The molecule has 0 aliphatic carbocycles. The zero-order chi connectivity index (χ0) is 21.2. The number of hydrogen-bond acceptors (Lipinski definition) is 6. The van der Waals surface area contributed by atoms with Gasteiger partial charge in [-0.15, -0.1) is 23.5 Å². The molecule has 7 heteroatoms. The molecule has 2 aromatic carbocycles. The summed E-state index contributed by atoms with van der Waals surface area (Å²) in [7, 11) is 0. The highest BCUT2D eigenvalue weighted by Crippen LogP contribution is 2.34. The number of carbonyl (C=O) groups excluding carboxylic acids is 1. The number of rotatable bonds is 11. The second-order valence-electron chi connectivity index (χ2n) is 6.61. The van der Waals surface area contributed by atoms with E-state index in [1.54, 1.807) is 11.8 Å². The molecule has 1 aromatic heterocycles. The van der Waals surface area contributed by atoms with Crippen molar-refractivity contribution in [3.05, 3.63) is 77.4 Å². The Morgan fingerprint density at radius 2 is 1.33 bits per heavy atom. The number of aromatic nitrogens is 2. The molecule has 3 rings (SSSR count). The summed E-state index contributed by atoms with van der Waals surface area (Å²) in [4.78, 5) is 21.7. The molecule has 156 valence electrons. The van der Waals surface area contributed by atoms with Crippen LogP contribution in [0, 0.1) is 0 Å². The Bertz CT molecular complexity index is 888. The maximum atomic E-state index is 12.3. The van der Waals surface area contributed by atoms with Gasteiger partial charge in [-0.3, -0.25) is 4.79 Å². The molecule has 3 aromatic rings. The van der Waals surface area contributed by atoms with E-state index in [9.17, 15) is 4.79 Å². The largest absolute Gasteiger partial charge is 0.365 e. The van der Waals surface area contributed by atoms with Crippen molar-refractivity contribution in [3.8, 4) is 0 Å². The van der Waals surface area contributed by atoms with Crippen molar-refractivity contribution in [2.24, 2.45) is 5.73 Å². The van der Waals surface area contributed by atoms with Crippen molar-refractivity contribution in [2.75, 3.05) is 5.75 Å². The van der Waals surface area contributed by atoms with E-state index in [0.717, 1.165) is 30.1 Å². The fraction of sp³-hybridized carbons (Fsp3) is 0.261. The van der Waals surface area contributed by atoms with Gasteiger partial charge in [-0.2, -0.15) is 0 Å². The molecule has 30 heavy (non-hydrogen) atoms. The van der Waals surface area contributed by atoms with Gasteiger partial charge >= 0.3 is 0 Å². The number of amides is 1. The third-order valence-corrected chi connectivity index (χ3v) is 7.26. The Balaban J connectivity index is 1.88. The molecule has 0 aliphatic heterocycles. The molecule has 0 aliphatic rings. The number of primary amides is 1. The summed E-state index contributed by atoms with van der Waals surface area (Å²) < 4.78 is 0. The van der Waals surface area contributed by atoms with E-state index >= 15 is 0 Å². The highest BCUT2D eigenvalue weighted by molar-refractivity contribution is 8.00. The summed E-state index contributed by atoms with van der Waals surface area (Å²) in [5.41, 5.74) is 8.55. The van der Waals surface area contributed by atoms with Crippen LogP contribution in [0.5, 0.6) is 0 Å². The van der Waals surface area contributed by atoms with Gasteiger partial charge in [0, 0.05) is 17.3 Å². The minimum absolute atomic E-state index is 0.428. The number of carbonyl (C=O) groups is 1. The van der Waals surface area contributed by atoms with E-state index < -0.39 is 5.91 Å². The monoisotopic (exact) mass is 455 g/mol. The van der Waals surface area contributed by atoms with E-state index in [1.807, 2.05) is 36.4 Å². The molecular weight excluding hydrogens is 430 g/mol. The molecule has 0 fully saturated rings. The molecule has 1 amide bonds. The lowest BCUT2D eigenvalue weighted by atomic mass is 10.2. The lowest BCUT2D eigenvalue weighted by Crippen LogP contribution is -2.16. The number of benzene rings is 2. The number of hydrogen-bond donors (Lipinski definition) is 1. The third kappa shape index (κ3) is 6.79. The molecule has 1 heterocycles. The third-order valence-electron chi connectivity index (χ3n) is 4.23. The van der Waals surface area contributed by atoms with Crippen LogP contribution in [0.15, 0.2) is 75.9 Å². The van der Waals surface area contributed by atoms with Crippen LogP contribution < -0.4 is 5.73 Å². The van der Waals surface area contributed by atoms with Crippen LogP contribution in [0.25, 0.3) is 0 Å². The van der Waals surface area contributed by atoms with Gasteiger partial charge in [0.05, 0.1) is 0 Å². The Hall–Kier alpha value is -1.96. The van der Waals surface area contributed by atoms with Gasteiger partial charge in [-0.25, -0.2) is 9.97 Å². The lowest BCUT2D eigenvalue weighted by molar-refractivity contribution is 0.0992. The molecule has 4 nitrogen and oxygen atoms in total. The van der Waals surface area contributed by atoms with Crippen LogP contribution in [-0.2, 0) is 11.5 Å². The molecule has 0 radical (unpaired) electrons. The second-order valence-corrected chi connectivity index (χ2v) is 9.60.